The van der Waals surface area contributed by atoms with Gasteiger partial charge in [0.05, 0.1) is 18.5 Å². The summed E-state index contributed by atoms with van der Waals surface area (Å²) in [7, 11) is -1.83. The number of nitrogens with one attached hydrogen (secondary N) is 1. The van der Waals surface area contributed by atoms with E-state index in [0.29, 0.717) is 32.5 Å². The van der Waals surface area contributed by atoms with Gasteiger partial charge in [0.25, 0.3) is 0 Å². The second-order valence-corrected chi connectivity index (χ2v) is 7.50. The van der Waals surface area contributed by atoms with Crippen LogP contribution in [0.2, 0.25) is 0 Å². The molecule has 0 aromatic heterocycles. The zero-order valence-corrected chi connectivity index (χ0v) is 13.6. The summed E-state index contributed by atoms with van der Waals surface area (Å²) in [6, 6.07) is 7.31. The third-order valence-electron chi connectivity index (χ3n) is 3.86. The van der Waals surface area contributed by atoms with Crippen LogP contribution in [0.15, 0.2) is 24.3 Å². The Hall–Kier alpha value is -1.15. The van der Waals surface area contributed by atoms with Crippen molar-refractivity contribution < 1.29 is 23.0 Å². The van der Waals surface area contributed by atoms with Gasteiger partial charge in [0.1, 0.15) is 5.75 Å². The van der Waals surface area contributed by atoms with Gasteiger partial charge in [-0.25, -0.2) is 13.1 Å². The normalized spacial score (nSPS) is 18.1. The highest BCUT2D eigenvalue weighted by Gasteiger charge is 2.31. The topological polar surface area (TPSA) is 84.9 Å². The van der Waals surface area contributed by atoms with E-state index in [0.717, 1.165) is 11.3 Å². The SMILES string of the molecule is COc1ccc(CCS(=O)(=O)NCC2(O)CCOCC2)cc1. The summed E-state index contributed by atoms with van der Waals surface area (Å²) in [5.74, 6) is 0.734. The highest BCUT2D eigenvalue weighted by Crippen LogP contribution is 2.19. The molecule has 1 aliphatic heterocycles. The molecule has 1 aliphatic rings. The molecule has 0 bridgehead atoms. The fraction of sp³-hybridized carbons (Fsp3) is 0.600. The molecule has 0 unspecified atom stereocenters. The minimum Gasteiger partial charge on any atom is -0.497 e. The Morgan fingerprint density at radius 1 is 1.27 bits per heavy atom. The molecule has 0 atom stereocenters. The second kappa shape index (κ2) is 7.41. The van der Waals surface area contributed by atoms with E-state index in [9.17, 15) is 13.5 Å². The Balaban J connectivity index is 1.82. The van der Waals surface area contributed by atoms with Gasteiger partial charge in [-0.1, -0.05) is 12.1 Å². The Bertz CT molecular complexity index is 564. The Morgan fingerprint density at radius 3 is 2.50 bits per heavy atom. The Labute approximate surface area is 131 Å². The molecule has 0 saturated carbocycles. The Morgan fingerprint density at radius 2 is 1.91 bits per heavy atom. The van der Waals surface area contributed by atoms with Gasteiger partial charge in [0, 0.05) is 32.6 Å². The lowest BCUT2D eigenvalue weighted by Crippen LogP contribution is -2.47. The van der Waals surface area contributed by atoms with E-state index in [1.807, 2.05) is 12.1 Å². The van der Waals surface area contributed by atoms with Gasteiger partial charge in [0.15, 0.2) is 0 Å². The largest absolute Gasteiger partial charge is 0.497 e. The van der Waals surface area contributed by atoms with Gasteiger partial charge in [-0.3, -0.25) is 0 Å². The molecular formula is C15H23NO5S. The van der Waals surface area contributed by atoms with Crippen molar-refractivity contribution in [1.29, 1.82) is 0 Å². The molecule has 6 nitrogen and oxygen atoms in total. The molecule has 1 saturated heterocycles. The molecule has 0 radical (unpaired) electrons. The lowest BCUT2D eigenvalue weighted by molar-refractivity contribution is -0.0588. The first kappa shape index (κ1) is 17.2. The molecule has 1 aromatic rings. The maximum absolute atomic E-state index is 12.0. The summed E-state index contributed by atoms with van der Waals surface area (Å²) in [6.45, 7) is 0.968. The molecular weight excluding hydrogens is 306 g/mol. The first-order chi connectivity index (χ1) is 10.4. The summed E-state index contributed by atoms with van der Waals surface area (Å²) in [6.07, 6.45) is 1.32. The van der Waals surface area contributed by atoms with Gasteiger partial charge in [-0.05, 0) is 24.1 Å². The number of methoxy groups -OCH3 is 1. The molecule has 0 aliphatic carbocycles. The number of aliphatic hydroxyl groups is 1. The van der Waals surface area contributed by atoms with Crippen LogP contribution >= 0.6 is 0 Å². The van der Waals surface area contributed by atoms with Gasteiger partial charge in [-0.2, -0.15) is 0 Å². The van der Waals surface area contributed by atoms with Crippen LogP contribution in [0, 0.1) is 0 Å². The van der Waals surface area contributed by atoms with Crippen LogP contribution in [0.5, 0.6) is 5.75 Å². The van der Waals surface area contributed by atoms with Crippen LogP contribution < -0.4 is 9.46 Å². The van der Waals surface area contributed by atoms with E-state index in [-0.39, 0.29) is 12.3 Å². The number of ether oxygens (including phenoxy) is 2. The summed E-state index contributed by atoms with van der Waals surface area (Å²) in [5, 5.41) is 10.3. The summed E-state index contributed by atoms with van der Waals surface area (Å²) >= 11 is 0. The van der Waals surface area contributed by atoms with E-state index < -0.39 is 15.6 Å². The van der Waals surface area contributed by atoms with Crippen LogP contribution in [-0.4, -0.2) is 51.7 Å². The molecule has 0 amide bonds. The van der Waals surface area contributed by atoms with Crippen molar-refractivity contribution in [3.63, 3.8) is 0 Å². The van der Waals surface area contributed by atoms with Crippen molar-refractivity contribution in [3.05, 3.63) is 29.8 Å². The van der Waals surface area contributed by atoms with Crippen molar-refractivity contribution >= 4 is 10.0 Å². The van der Waals surface area contributed by atoms with Gasteiger partial charge >= 0.3 is 0 Å². The summed E-state index contributed by atoms with van der Waals surface area (Å²) < 4.78 is 36.8. The third-order valence-corrected chi connectivity index (χ3v) is 5.19. The molecule has 0 spiro atoms. The van der Waals surface area contributed by atoms with E-state index in [2.05, 4.69) is 4.72 Å². The summed E-state index contributed by atoms with van der Waals surface area (Å²) in [4.78, 5) is 0. The van der Waals surface area contributed by atoms with E-state index in [1.165, 1.54) is 0 Å². The van der Waals surface area contributed by atoms with Crippen LogP contribution in [-0.2, 0) is 21.2 Å². The molecule has 1 aromatic carbocycles. The highest BCUT2D eigenvalue weighted by molar-refractivity contribution is 7.89. The first-order valence-electron chi connectivity index (χ1n) is 7.33. The average Bonchev–Trinajstić information content (AvgIpc) is 2.53. The van der Waals surface area contributed by atoms with Crippen molar-refractivity contribution in [2.45, 2.75) is 24.9 Å². The van der Waals surface area contributed by atoms with Crippen molar-refractivity contribution in [1.82, 2.24) is 4.72 Å². The molecule has 22 heavy (non-hydrogen) atoms. The van der Waals surface area contributed by atoms with Crippen molar-refractivity contribution in [2.24, 2.45) is 0 Å². The minimum absolute atomic E-state index is 0.00803. The molecule has 2 N–H and O–H groups in total. The lowest BCUT2D eigenvalue weighted by atomic mass is 9.95. The molecule has 1 heterocycles. The zero-order chi connectivity index (χ0) is 16.1. The fourth-order valence-corrected chi connectivity index (χ4v) is 3.43. The second-order valence-electron chi connectivity index (χ2n) is 5.57. The monoisotopic (exact) mass is 329 g/mol. The van der Waals surface area contributed by atoms with Crippen LogP contribution in [0.25, 0.3) is 0 Å². The van der Waals surface area contributed by atoms with E-state index in [4.69, 9.17) is 9.47 Å². The minimum atomic E-state index is -3.42. The third kappa shape index (κ3) is 5.24. The lowest BCUT2D eigenvalue weighted by Gasteiger charge is -2.31. The maximum atomic E-state index is 12.0. The smallest absolute Gasteiger partial charge is 0.212 e. The van der Waals surface area contributed by atoms with Gasteiger partial charge < -0.3 is 14.6 Å². The number of sulfonamides is 1. The Kier molecular flexibility index (Phi) is 5.80. The number of hydrogen-bond donors (Lipinski definition) is 2. The maximum Gasteiger partial charge on any atom is 0.212 e. The predicted molar refractivity (Wildman–Crippen MR) is 83.5 cm³/mol. The van der Waals surface area contributed by atoms with Crippen molar-refractivity contribution in [2.75, 3.05) is 32.6 Å². The molecule has 1 fully saturated rings. The van der Waals surface area contributed by atoms with Crippen LogP contribution in [0.3, 0.4) is 0 Å². The van der Waals surface area contributed by atoms with Gasteiger partial charge in [-0.15, -0.1) is 0 Å². The quantitative estimate of drug-likeness (QED) is 0.769. The van der Waals surface area contributed by atoms with Crippen molar-refractivity contribution in [3.8, 4) is 5.75 Å². The standard InChI is InChI=1S/C15H23NO5S/c1-20-14-4-2-13(3-5-14)6-11-22(18,19)16-12-15(17)7-9-21-10-8-15/h2-5,16-17H,6-12H2,1H3. The number of benzene rings is 1. The predicted octanol–water partition coefficient (Wildman–Crippen LogP) is 0.699. The van der Waals surface area contributed by atoms with Crippen LogP contribution in [0.4, 0.5) is 0 Å². The summed E-state index contributed by atoms with van der Waals surface area (Å²) in [5.41, 5.74) is -0.0678. The number of aryl methyl sites for hydroxylation is 1. The zero-order valence-electron chi connectivity index (χ0n) is 12.7. The molecule has 124 valence electrons. The number of rotatable bonds is 7. The molecule has 2 rings (SSSR count). The highest BCUT2D eigenvalue weighted by atomic mass is 32.2. The average molecular weight is 329 g/mol. The van der Waals surface area contributed by atoms with E-state index >= 15 is 0 Å². The number of hydrogen-bond acceptors (Lipinski definition) is 5. The van der Waals surface area contributed by atoms with Gasteiger partial charge in [0.2, 0.25) is 10.0 Å². The molecule has 7 heteroatoms. The fourth-order valence-electron chi connectivity index (χ4n) is 2.29. The van der Waals surface area contributed by atoms with E-state index in [1.54, 1.807) is 19.2 Å². The van der Waals surface area contributed by atoms with Crippen LogP contribution in [0.1, 0.15) is 18.4 Å². The first-order valence-corrected chi connectivity index (χ1v) is 8.98.